The third kappa shape index (κ3) is 4.20. The Labute approximate surface area is 131 Å². The van der Waals surface area contributed by atoms with E-state index in [1.54, 1.807) is 7.05 Å². The van der Waals surface area contributed by atoms with Crippen molar-refractivity contribution in [2.45, 2.75) is 26.8 Å². The molecule has 1 aliphatic heterocycles. The second kappa shape index (κ2) is 7.10. The summed E-state index contributed by atoms with van der Waals surface area (Å²) in [6, 6.07) is 0. The first kappa shape index (κ1) is 16.8. The van der Waals surface area contributed by atoms with Crippen LogP contribution >= 0.6 is 0 Å². The molecule has 0 atom stereocenters. The topological polar surface area (TPSA) is 99.8 Å². The molecule has 1 saturated heterocycles. The number of aryl methyl sites for hydroxylation is 2. The summed E-state index contributed by atoms with van der Waals surface area (Å²) in [5.74, 6) is 2.24. The van der Waals surface area contributed by atoms with E-state index in [2.05, 4.69) is 20.6 Å². The van der Waals surface area contributed by atoms with Crippen LogP contribution in [0.15, 0.2) is 9.41 Å². The normalized spacial score (nSPS) is 18.6. The van der Waals surface area contributed by atoms with Gasteiger partial charge in [0.2, 0.25) is 15.9 Å². The number of oxazole rings is 1. The van der Waals surface area contributed by atoms with Crippen molar-refractivity contribution in [2.24, 2.45) is 4.99 Å². The number of sulfonamides is 1. The van der Waals surface area contributed by atoms with E-state index in [1.807, 2.05) is 13.8 Å². The van der Waals surface area contributed by atoms with Crippen molar-refractivity contribution < 1.29 is 12.8 Å². The van der Waals surface area contributed by atoms with Gasteiger partial charge in [-0.05, 0) is 20.3 Å². The van der Waals surface area contributed by atoms with Gasteiger partial charge in [0.1, 0.15) is 5.76 Å². The Morgan fingerprint density at radius 1 is 1.41 bits per heavy atom. The molecule has 2 N–H and O–H groups in total. The van der Waals surface area contributed by atoms with Crippen LogP contribution in [0.4, 0.5) is 0 Å². The highest BCUT2D eigenvalue weighted by molar-refractivity contribution is 7.89. The zero-order valence-corrected chi connectivity index (χ0v) is 14.0. The Balaban J connectivity index is 1.76. The molecular weight excluding hydrogens is 306 g/mol. The molecule has 8 nitrogen and oxygen atoms in total. The van der Waals surface area contributed by atoms with Gasteiger partial charge < -0.3 is 15.1 Å². The average molecular weight is 329 g/mol. The fourth-order valence-electron chi connectivity index (χ4n) is 2.24. The van der Waals surface area contributed by atoms with E-state index in [-0.39, 0.29) is 5.75 Å². The molecule has 1 aliphatic rings. The largest absolute Gasteiger partial charge is 0.444 e. The van der Waals surface area contributed by atoms with Crippen molar-refractivity contribution in [1.29, 1.82) is 0 Å². The van der Waals surface area contributed by atoms with Crippen LogP contribution in [0.25, 0.3) is 0 Å². The fraction of sp³-hybridized carbons (Fsp3) is 0.692. The summed E-state index contributed by atoms with van der Waals surface area (Å²) in [4.78, 5) is 8.37. The Bertz CT molecular complexity index is 619. The van der Waals surface area contributed by atoms with Crippen LogP contribution in [0, 0.1) is 13.8 Å². The van der Waals surface area contributed by atoms with E-state index >= 15 is 0 Å². The molecule has 0 aliphatic carbocycles. The molecule has 1 aromatic rings. The van der Waals surface area contributed by atoms with Crippen LogP contribution in [0.2, 0.25) is 0 Å². The molecule has 0 saturated carbocycles. The Kier molecular flexibility index (Phi) is 5.41. The Morgan fingerprint density at radius 2 is 2.18 bits per heavy atom. The van der Waals surface area contributed by atoms with E-state index in [0.717, 1.165) is 11.5 Å². The molecule has 1 fully saturated rings. The quantitative estimate of drug-likeness (QED) is 0.582. The molecule has 0 spiro atoms. The molecule has 9 heteroatoms. The second-order valence-corrected chi connectivity index (χ2v) is 7.26. The predicted octanol–water partition coefficient (Wildman–Crippen LogP) is -0.00806. The lowest BCUT2D eigenvalue weighted by molar-refractivity contribution is 0.443. The van der Waals surface area contributed by atoms with E-state index in [1.165, 1.54) is 4.31 Å². The first-order valence-electron chi connectivity index (χ1n) is 7.27. The summed E-state index contributed by atoms with van der Waals surface area (Å²) >= 11 is 0. The predicted molar refractivity (Wildman–Crippen MR) is 84.2 cm³/mol. The molecule has 0 bridgehead atoms. The van der Waals surface area contributed by atoms with Gasteiger partial charge in [0.15, 0.2) is 5.96 Å². The van der Waals surface area contributed by atoms with Crippen LogP contribution in [0.5, 0.6) is 0 Å². The van der Waals surface area contributed by atoms with Gasteiger partial charge >= 0.3 is 0 Å². The Morgan fingerprint density at radius 3 is 2.73 bits per heavy atom. The highest BCUT2D eigenvalue weighted by Crippen LogP contribution is 2.11. The maximum atomic E-state index is 11.7. The average Bonchev–Trinajstić information content (AvgIpc) is 2.96. The monoisotopic (exact) mass is 329 g/mol. The van der Waals surface area contributed by atoms with E-state index in [4.69, 9.17) is 4.42 Å². The molecule has 2 rings (SSSR count). The van der Waals surface area contributed by atoms with Gasteiger partial charge in [-0.2, -0.15) is 0 Å². The van der Waals surface area contributed by atoms with Crippen molar-refractivity contribution >= 4 is 16.0 Å². The maximum Gasteiger partial charge on any atom is 0.214 e. The zero-order chi connectivity index (χ0) is 16.2. The lowest BCUT2D eigenvalue weighted by Crippen LogP contribution is -2.41. The summed E-state index contributed by atoms with van der Waals surface area (Å²) in [5, 5.41) is 6.18. The van der Waals surface area contributed by atoms with E-state index in [9.17, 15) is 8.42 Å². The minimum Gasteiger partial charge on any atom is -0.444 e. The number of rotatable bonds is 5. The summed E-state index contributed by atoms with van der Waals surface area (Å²) in [6.07, 6.45) is 0.707. The minimum atomic E-state index is -3.04. The fourth-order valence-corrected chi connectivity index (χ4v) is 3.76. The van der Waals surface area contributed by atoms with Gasteiger partial charge in [0.25, 0.3) is 0 Å². The highest BCUT2D eigenvalue weighted by atomic mass is 32.2. The number of guanidine groups is 1. The smallest absolute Gasteiger partial charge is 0.214 e. The summed E-state index contributed by atoms with van der Waals surface area (Å²) in [6.45, 7) is 5.74. The molecule has 2 heterocycles. The lowest BCUT2D eigenvalue weighted by atomic mass is 10.4. The van der Waals surface area contributed by atoms with E-state index in [0.29, 0.717) is 44.5 Å². The first-order valence-corrected chi connectivity index (χ1v) is 8.88. The van der Waals surface area contributed by atoms with Gasteiger partial charge in [0, 0.05) is 26.7 Å². The standard InChI is InChI=1S/C13H23N5O3S/c1-10-11(2)21-12(17-10)9-16-13(14-3)15-5-7-18-6-4-8-22(18,19)20/h4-9H2,1-3H3,(H2,14,15,16). The lowest BCUT2D eigenvalue weighted by Gasteiger charge is -2.16. The third-order valence-electron chi connectivity index (χ3n) is 3.56. The summed E-state index contributed by atoms with van der Waals surface area (Å²) in [5.41, 5.74) is 0.874. The van der Waals surface area contributed by atoms with Gasteiger partial charge in [-0.15, -0.1) is 0 Å². The van der Waals surface area contributed by atoms with Crippen molar-refractivity contribution in [3.8, 4) is 0 Å². The van der Waals surface area contributed by atoms with Crippen LogP contribution in [0.3, 0.4) is 0 Å². The number of aromatic nitrogens is 1. The number of hydrogen-bond donors (Lipinski definition) is 2. The molecule has 0 aromatic carbocycles. The second-order valence-electron chi connectivity index (χ2n) is 5.17. The van der Waals surface area contributed by atoms with Crippen LogP contribution < -0.4 is 10.6 Å². The van der Waals surface area contributed by atoms with Gasteiger partial charge in [-0.1, -0.05) is 0 Å². The SMILES string of the molecule is CN=C(NCCN1CCCS1(=O)=O)NCc1nc(C)c(C)o1. The van der Waals surface area contributed by atoms with Gasteiger partial charge in [0.05, 0.1) is 18.0 Å². The molecule has 1 aromatic heterocycles. The van der Waals surface area contributed by atoms with Crippen LogP contribution in [0.1, 0.15) is 23.8 Å². The molecule has 0 amide bonds. The van der Waals surface area contributed by atoms with Crippen LogP contribution in [-0.4, -0.2) is 56.1 Å². The summed E-state index contributed by atoms with van der Waals surface area (Å²) in [7, 11) is -1.38. The molecule has 0 radical (unpaired) electrons. The number of nitrogens with one attached hydrogen (secondary N) is 2. The number of aliphatic imine (C=N–C) groups is 1. The molecule has 124 valence electrons. The minimum absolute atomic E-state index is 0.253. The third-order valence-corrected chi connectivity index (χ3v) is 5.52. The van der Waals surface area contributed by atoms with E-state index < -0.39 is 10.0 Å². The number of nitrogens with zero attached hydrogens (tertiary/aromatic N) is 3. The highest BCUT2D eigenvalue weighted by Gasteiger charge is 2.27. The Hall–Kier alpha value is -1.61. The first-order chi connectivity index (χ1) is 10.4. The number of hydrogen-bond acceptors (Lipinski definition) is 5. The molecule has 22 heavy (non-hydrogen) atoms. The molecule has 0 unspecified atom stereocenters. The zero-order valence-electron chi connectivity index (χ0n) is 13.2. The van der Waals surface area contributed by atoms with Crippen LogP contribution in [-0.2, 0) is 16.6 Å². The maximum absolute atomic E-state index is 11.7. The van der Waals surface area contributed by atoms with Crippen molar-refractivity contribution in [3.63, 3.8) is 0 Å². The van der Waals surface area contributed by atoms with Gasteiger partial charge in [-0.25, -0.2) is 17.7 Å². The van der Waals surface area contributed by atoms with Gasteiger partial charge in [-0.3, -0.25) is 4.99 Å². The molecular formula is C13H23N5O3S. The van der Waals surface area contributed by atoms with Crippen molar-refractivity contribution in [2.75, 3.05) is 32.4 Å². The summed E-state index contributed by atoms with van der Waals surface area (Å²) < 4.78 is 30.4. The van der Waals surface area contributed by atoms with Crippen molar-refractivity contribution in [1.82, 2.24) is 19.9 Å². The van der Waals surface area contributed by atoms with Crippen molar-refractivity contribution in [3.05, 3.63) is 17.3 Å².